The number of anilines is 1. The number of carbonyl (C=O) groups excluding carboxylic acids is 2. The summed E-state index contributed by atoms with van der Waals surface area (Å²) in [5.74, 6) is -0.425. The van der Waals surface area contributed by atoms with Crippen molar-refractivity contribution < 1.29 is 14.3 Å². The highest BCUT2D eigenvalue weighted by molar-refractivity contribution is 5.92. The standard InChI is InChI=1S/C12H12N2O3/c15-11-8-10(6-7-17-11)14-12(16)13-9-4-2-1-3-5-9/h1-5,8H,6-7H2,(H2,13,14,16). The van der Waals surface area contributed by atoms with Gasteiger partial charge in [-0.05, 0) is 12.1 Å². The number of amides is 2. The van der Waals surface area contributed by atoms with Crippen LogP contribution < -0.4 is 10.6 Å². The molecule has 2 N–H and O–H groups in total. The maximum atomic E-state index is 11.6. The lowest BCUT2D eigenvalue weighted by molar-refractivity contribution is -0.138. The number of nitrogens with one attached hydrogen (secondary N) is 2. The van der Waals surface area contributed by atoms with Gasteiger partial charge in [0.2, 0.25) is 0 Å². The minimum Gasteiger partial charge on any atom is -0.462 e. The van der Waals surface area contributed by atoms with Gasteiger partial charge in [-0.15, -0.1) is 0 Å². The monoisotopic (exact) mass is 232 g/mol. The SMILES string of the molecule is O=C(NC1=CC(=O)OCC1)Nc1ccccc1. The quantitative estimate of drug-likeness (QED) is 0.762. The lowest BCUT2D eigenvalue weighted by Crippen LogP contribution is -2.30. The van der Waals surface area contributed by atoms with E-state index in [2.05, 4.69) is 10.6 Å². The number of para-hydroxylation sites is 1. The Morgan fingerprint density at radius 1 is 1.18 bits per heavy atom. The number of hydrogen-bond donors (Lipinski definition) is 2. The van der Waals surface area contributed by atoms with E-state index in [0.717, 1.165) is 0 Å². The Kier molecular flexibility index (Phi) is 3.40. The number of benzene rings is 1. The average molecular weight is 232 g/mol. The number of esters is 1. The average Bonchev–Trinajstić information content (AvgIpc) is 2.30. The van der Waals surface area contributed by atoms with E-state index in [1.165, 1.54) is 6.08 Å². The molecule has 1 aliphatic heterocycles. The summed E-state index contributed by atoms with van der Waals surface area (Å²) in [6, 6.07) is 8.71. The van der Waals surface area contributed by atoms with Crippen molar-refractivity contribution in [1.29, 1.82) is 0 Å². The van der Waals surface area contributed by atoms with Crippen molar-refractivity contribution in [2.75, 3.05) is 11.9 Å². The van der Waals surface area contributed by atoms with Crippen molar-refractivity contribution >= 4 is 17.7 Å². The van der Waals surface area contributed by atoms with Gasteiger partial charge in [-0.1, -0.05) is 18.2 Å². The fraction of sp³-hybridized carbons (Fsp3) is 0.167. The molecule has 0 saturated carbocycles. The Hall–Kier alpha value is -2.30. The van der Waals surface area contributed by atoms with Crippen LogP contribution in [0.2, 0.25) is 0 Å². The van der Waals surface area contributed by atoms with Crippen LogP contribution in [-0.2, 0) is 9.53 Å². The van der Waals surface area contributed by atoms with Crippen molar-refractivity contribution in [2.45, 2.75) is 6.42 Å². The number of urea groups is 1. The van der Waals surface area contributed by atoms with Gasteiger partial charge in [0.1, 0.15) is 0 Å². The van der Waals surface area contributed by atoms with Gasteiger partial charge in [0.25, 0.3) is 0 Å². The molecule has 88 valence electrons. The summed E-state index contributed by atoms with van der Waals surface area (Å²) in [5, 5.41) is 5.27. The van der Waals surface area contributed by atoms with Gasteiger partial charge in [-0.25, -0.2) is 9.59 Å². The van der Waals surface area contributed by atoms with Gasteiger partial charge in [0.05, 0.1) is 6.61 Å². The molecule has 0 unspecified atom stereocenters. The highest BCUT2D eigenvalue weighted by atomic mass is 16.5. The minimum absolute atomic E-state index is 0.302. The Morgan fingerprint density at radius 2 is 1.94 bits per heavy atom. The van der Waals surface area contributed by atoms with E-state index in [9.17, 15) is 9.59 Å². The lowest BCUT2D eigenvalue weighted by atomic mass is 10.2. The van der Waals surface area contributed by atoms with Crippen molar-refractivity contribution in [3.63, 3.8) is 0 Å². The van der Waals surface area contributed by atoms with Crippen molar-refractivity contribution in [2.24, 2.45) is 0 Å². The van der Waals surface area contributed by atoms with E-state index in [0.29, 0.717) is 24.4 Å². The molecule has 5 heteroatoms. The highest BCUT2D eigenvalue weighted by Crippen LogP contribution is 2.07. The summed E-state index contributed by atoms with van der Waals surface area (Å²) >= 11 is 0. The molecule has 1 aromatic rings. The molecule has 0 saturated heterocycles. The van der Waals surface area contributed by atoms with Crippen LogP contribution in [0.3, 0.4) is 0 Å². The molecular formula is C12H12N2O3. The maximum absolute atomic E-state index is 11.6. The summed E-state index contributed by atoms with van der Waals surface area (Å²) in [7, 11) is 0. The van der Waals surface area contributed by atoms with Gasteiger partial charge in [-0.3, -0.25) is 0 Å². The van der Waals surface area contributed by atoms with Crippen LogP contribution in [0.5, 0.6) is 0 Å². The van der Waals surface area contributed by atoms with Gasteiger partial charge in [0.15, 0.2) is 0 Å². The molecule has 0 radical (unpaired) electrons. The Balaban J connectivity index is 1.92. The van der Waals surface area contributed by atoms with Gasteiger partial charge in [0, 0.05) is 23.9 Å². The zero-order chi connectivity index (χ0) is 12.1. The molecule has 0 spiro atoms. The molecule has 0 aromatic heterocycles. The highest BCUT2D eigenvalue weighted by Gasteiger charge is 2.12. The zero-order valence-corrected chi connectivity index (χ0v) is 9.10. The van der Waals surface area contributed by atoms with E-state index in [1.54, 1.807) is 12.1 Å². The second kappa shape index (κ2) is 5.16. The Morgan fingerprint density at radius 3 is 2.65 bits per heavy atom. The Labute approximate surface area is 98.5 Å². The molecule has 0 aliphatic carbocycles. The molecule has 5 nitrogen and oxygen atoms in total. The van der Waals surface area contributed by atoms with E-state index >= 15 is 0 Å². The van der Waals surface area contributed by atoms with E-state index in [4.69, 9.17) is 4.74 Å². The molecule has 2 rings (SSSR count). The molecule has 2 amide bonds. The summed E-state index contributed by atoms with van der Waals surface area (Å²) < 4.78 is 4.72. The largest absolute Gasteiger partial charge is 0.462 e. The fourth-order valence-corrected chi connectivity index (χ4v) is 1.45. The molecule has 0 atom stereocenters. The van der Waals surface area contributed by atoms with E-state index in [1.807, 2.05) is 18.2 Å². The number of rotatable bonds is 2. The molecular weight excluding hydrogens is 220 g/mol. The van der Waals surface area contributed by atoms with Gasteiger partial charge in [-0.2, -0.15) is 0 Å². The predicted octanol–water partition coefficient (Wildman–Crippen LogP) is 1.64. The second-order valence-corrected chi connectivity index (χ2v) is 3.53. The summed E-state index contributed by atoms with van der Waals surface area (Å²) in [6.07, 6.45) is 1.81. The van der Waals surface area contributed by atoms with Crippen LogP contribution in [0.15, 0.2) is 42.1 Å². The number of hydrogen-bond acceptors (Lipinski definition) is 3. The van der Waals surface area contributed by atoms with Gasteiger partial charge >= 0.3 is 12.0 Å². The first-order valence-corrected chi connectivity index (χ1v) is 5.24. The third kappa shape index (κ3) is 3.34. The van der Waals surface area contributed by atoms with Crippen molar-refractivity contribution in [1.82, 2.24) is 5.32 Å². The minimum atomic E-state index is -0.425. The zero-order valence-electron chi connectivity index (χ0n) is 9.10. The van der Waals surface area contributed by atoms with Crippen LogP contribution in [0.4, 0.5) is 10.5 Å². The van der Waals surface area contributed by atoms with Crippen molar-refractivity contribution in [3.05, 3.63) is 42.1 Å². The van der Waals surface area contributed by atoms with Crippen LogP contribution in [-0.4, -0.2) is 18.6 Å². The van der Waals surface area contributed by atoms with E-state index < -0.39 is 5.97 Å². The predicted molar refractivity (Wildman–Crippen MR) is 62.3 cm³/mol. The van der Waals surface area contributed by atoms with Crippen LogP contribution in [0.1, 0.15) is 6.42 Å². The third-order valence-electron chi connectivity index (χ3n) is 2.21. The first-order valence-electron chi connectivity index (χ1n) is 5.24. The molecule has 1 heterocycles. The Bertz CT molecular complexity index is 454. The normalized spacial score (nSPS) is 14.6. The van der Waals surface area contributed by atoms with Crippen LogP contribution >= 0.6 is 0 Å². The number of carbonyl (C=O) groups is 2. The second-order valence-electron chi connectivity index (χ2n) is 3.53. The molecule has 0 fully saturated rings. The smallest absolute Gasteiger partial charge is 0.332 e. The maximum Gasteiger partial charge on any atom is 0.332 e. The van der Waals surface area contributed by atoms with Gasteiger partial charge < -0.3 is 15.4 Å². The molecule has 1 aromatic carbocycles. The first kappa shape index (κ1) is 11.2. The molecule has 0 bridgehead atoms. The molecule has 17 heavy (non-hydrogen) atoms. The van der Waals surface area contributed by atoms with E-state index in [-0.39, 0.29) is 6.03 Å². The topological polar surface area (TPSA) is 67.4 Å². The first-order chi connectivity index (χ1) is 8.24. The summed E-state index contributed by atoms with van der Waals surface area (Å²) in [4.78, 5) is 22.5. The fourth-order valence-electron chi connectivity index (χ4n) is 1.45. The number of cyclic esters (lactones) is 1. The third-order valence-corrected chi connectivity index (χ3v) is 2.21. The molecule has 1 aliphatic rings. The van der Waals surface area contributed by atoms with Crippen LogP contribution in [0.25, 0.3) is 0 Å². The lowest BCUT2D eigenvalue weighted by Gasteiger charge is -2.14. The van der Waals surface area contributed by atoms with Crippen LogP contribution in [0, 0.1) is 0 Å². The summed E-state index contributed by atoms with van der Waals surface area (Å²) in [6.45, 7) is 0.302. The van der Waals surface area contributed by atoms with Crippen molar-refractivity contribution in [3.8, 4) is 0 Å². The number of ether oxygens (including phenoxy) is 1. The summed E-state index contributed by atoms with van der Waals surface area (Å²) in [5.41, 5.74) is 1.26.